The number of rotatable bonds is 7. The van der Waals surface area contributed by atoms with E-state index in [9.17, 15) is 28.0 Å². The third kappa shape index (κ3) is 12.7. The van der Waals surface area contributed by atoms with E-state index < -0.39 is 6.09 Å². The summed E-state index contributed by atoms with van der Waals surface area (Å²) >= 11 is 6.28. The van der Waals surface area contributed by atoms with Crippen molar-refractivity contribution < 1.29 is 42.2 Å². The van der Waals surface area contributed by atoms with E-state index in [-0.39, 0.29) is 71.3 Å². The molecular formula is C72H95ClF2N8O7. The van der Waals surface area contributed by atoms with Crippen molar-refractivity contribution in [2.45, 2.75) is 202 Å². The SMILES string of the molecule is CC#CCOC(=O)N1CC2(CCN(C3CCN(C(=O)OCC)CC3)CC2)c2cc(F)ccc21.CC(C)OC(=O)N1C2CCC1CC(N1CCC3(CC1)CN(C(=O)C1CC1)c1ccc(F)cc13)C2.Clc1ccc2c(c1)C1(CCN(C3CCC4CCC3C4)CC1)CN2. The van der Waals surface area contributed by atoms with Crippen LogP contribution in [-0.4, -0.2) is 170 Å². The van der Waals surface area contributed by atoms with Gasteiger partial charge in [-0.05, 0) is 266 Å². The van der Waals surface area contributed by atoms with Crippen LogP contribution in [0.1, 0.15) is 166 Å². The number of ether oxygens (including phenoxy) is 3. The Morgan fingerprint density at radius 1 is 0.611 bits per heavy atom. The minimum atomic E-state index is -0.434. The minimum Gasteiger partial charge on any atom is -0.450 e. The summed E-state index contributed by atoms with van der Waals surface area (Å²) in [6, 6.07) is 18.4. The fraction of sp³-hybridized carbons (Fsp3) is 0.667. The highest BCUT2D eigenvalue weighted by atomic mass is 35.5. The first kappa shape index (κ1) is 63.1. The topological polar surface area (TPSA) is 131 Å². The maximum absolute atomic E-state index is 14.3. The normalized spacial score (nSPS) is 27.8. The van der Waals surface area contributed by atoms with E-state index in [2.05, 4.69) is 44.0 Å². The van der Waals surface area contributed by atoms with Crippen molar-refractivity contribution in [3.63, 3.8) is 0 Å². The van der Waals surface area contributed by atoms with Gasteiger partial charge in [0, 0.05) is 101 Å². The van der Waals surface area contributed by atoms with E-state index >= 15 is 0 Å². The maximum atomic E-state index is 14.3. The predicted molar refractivity (Wildman–Crippen MR) is 346 cm³/mol. The summed E-state index contributed by atoms with van der Waals surface area (Å²) in [5.74, 6) is 7.44. The Labute approximate surface area is 537 Å². The largest absolute Gasteiger partial charge is 0.450 e. The number of likely N-dealkylation sites (tertiary alicyclic amines) is 4. The van der Waals surface area contributed by atoms with Crippen molar-refractivity contribution in [3.8, 4) is 11.8 Å². The van der Waals surface area contributed by atoms with Gasteiger partial charge in [-0.3, -0.25) is 9.69 Å². The van der Waals surface area contributed by atoms with Gasteiger partial charge in [0.05, 0.1) is 18.4 Å². The lowest BCUT2D eigenvalue weighted by Gasteiger charge is -2.47. The number of hydrogen-bond donors (Lipinski definition) is 1. The van der Waals surface area contributed by atoms with Gasteiger partial charge in [0.25, 0.3) is 0 Å². The number of piperidine rings is 5. The van der Waals surface area contributed by atoms with Crippen LogP contribution < -0.4 is 15.1 Å². The zero-order chi connectivity index (χ0) is 62.5. The zero-order valence-electron chi connectivity index (χ0n) is 53.6. The first-order chi connectivity index (χ1) is 43.5. The second-order valence-corrected chi connectivity index (χ2v) is 29.4. The first-order valence-corrected chi connectivity index (χ1v) is 34.9. The van der Waals surface area contributed by atoms with E-state index in [0.29, 0.717) is 50.3 Å². The molecule has 1 N–H and O–H groups in total. The molecule has 486 valence electrons. The highest BCUT2D eigenvalue weighted by Gasteiger charge is 2.53. The number of anilines is 3. The van der Waals surface area contributed by atoms with Gasteiger partial charge in [0.15, 0.2) is 6.61 Å². The van der Waals surface area contributed by atoms with Crippen molar-refractivity contribution >= 4 is 52.8 Å². The van der Waals surface area contributed by atoms with E-state index in [0.717, 1.165) is 155 Å². The summed E-state index contributed by atoms with van der Waals surface area (Å²) in [5.41, 5.74) is 6.33. The molecule has 3 aliphatic carbocycles. The molecule has 9 heterocycles. The number of nitrogens with one attached hydrogen (secondary N) is 1. The molecule has 3 spiro atoms. The van der Waals surface area contributed by atoms with Crippen LogP contribution in [0.5, 0.6) is 0 Å². The number of fused-ring (bicyclic) bond motifs is 10. The van der Waals surface area contributed by atoms with Crippen LogP contribution >= 0.6 is 11.6 Å². The molecule has 9 aliphatic heterocycles. The second-order valence-electron chi connectivity index (χ2n) is 28.9. The van der Waals surface area contributed by atoms with Crippen molar-refractivity contribution in [2.24, 2.45) is 17.8 Å². The molecule has 12 aliphatic rings. The van der Waals surface area contributed by atoms with E-state index in [1.807, 2.05) is 42.7 Å². The monoisotopic (exact) mass is 1260 g/mol. The average molecular weight is 1260 g/mol. The summed E-state index contributed by atoms with van der Waals surface area (Å²) in [5, 5.41) is 4.52. The molecule has 3 aromatic carbocycles. The molecular weight excluding hydrogens is 1160 g/mol. The van der Waals surface area contributed by atoms with Gasteiger partial charge in [0.2, 0.25) is 5.91 Å². The summed E-state index contributed by atoms with van der Waals surface area (Å²) in [6.45, 7) is 17.7. The Morgan fingerprint density at radius 3 is 1.81 bits per heavy atom. The molecule has 15 nitrogen and oxygen atoms in total. The van der Waals surface area contributed by atoms with Crippen molar-refractivity contribution in [1.82, 2.24) is 24.5 Å². The summed E-state index contributed by atoms with van der Waals surface area (Å²) in [4.78, 5) is 65.7. The third-order valence-corrected chi connectivity index (χ3v) is 23.8. The summed E-state index contributed by atoms with van der Waals surface area (Å²) < 4.78 is 44.4. The molecule has 18 heteroatoms. The summed E-state index contributed by atoms with van der Waals surface area (Å²) in [6.07, 6.45) is 20.7. The highest BCUT2D eigenvalue weighted by molar-refractivity contribution is 6.30. The molecule has 9 fully saturated rings. The fourth-order valence-corrected chi connectivity index (χ4v) is 18.8. The van der Waals surface area contributed by atoms with Gasteiger partial charge in [-0.15, -0.1) is 5.92 Å². The molecule has 0 aromatic heterocycles. The van der Waals surface area contributed by atoms with Gasteiger partial charge >= 0.3 is 18.3 Å². The number of benzene rings is 3. The molecule has 4 bridgehead atoms. The van der Waals surface area contributed by atoms with E-state index in [4.69, 9.17) is 25.8 Å². The van der Waals surface area contributed by atoms with Crippen LogP contribution in [0, 0.1) is 41.2 Å². The van der Waals surface area contributed by atoms with E-state index in [1.165, 1.54) is 81.4 Å². The minimum absolute atomic E-state index is 0.0492. The number of halogens is 3. The van der Waals surface area contributed by atoms with Gasteiger partial charge in [-0.1, -0.05) is 23.9 Å². The molecule has 5 unspecified atom stereocenters. The molecule has 6 saturated heterocycles. The number of hydrogen-bond acceptors (Lipinski definition) is 11. The smallest absolute Gasteiger partial charge is 0.415 e. The lowest BCUT2D eigenvalue weighted by Crippen LogP contribution is -2.55. The number of carbonyl (C=O) groups excluding carboxylic acids is 4. The quantitative estimate of drug-likeness (QED) is 0.179. The van der Waals surface area contributed by atoms with Gasteiger partial charge < -0.3 is 48.9 Å². The van der Waals surface area contributed by atoms with Crippen LogP contribution in [0.15, 0.2) is 54.6 Å². The molecule has 0 radical (unpaired) electrons. The Bertz CT molecular complexity index is 3180. The van der Waals surface area contributed by atoms with Gasteiger partial charge in [-0.2, -0.15) is 0 Å². The maximum Gasteiger partial charge on any atom is 0.415 e. The lowest BCUT2D eigenvalue weighted by atomic mass is 9.73. The van der Waals surface area contributed by atoms with Crippen molar-refractivity contribution in [2.75, 3.05) is 100 Å². The Hall–Kier alpha value is -5.67. The van der Waals surface area contributed by atoms with Gasteiger partial charge in [-0.25, -0.2) is 23.2 Å². The number of nitrogens with zero attached hydrogens (tertiary/aromatic N) is 7. The average Bonchev–Trinajstić information content (AvgIpc) is 1.62. The van der Waals surface area contributed by atoms with Gasteiger partial charge in [0.1, 0.15) is 11.6 Å². The van der Waals surface area contributed by atoms with E-state index in [1.54, 1.807) is 34.9 Å². The number of amides is 4. The zero-order valence-corrected chi connectivity index (χ0v) is 54.4. The first-order valence-electron chi connectivity index (χ1n) is 34.5. The van der Waals surface area contributed by atoms with Crippen LogP contribution in [0.25, 0.3) is 0 Å². The molecule has 3 aromatic rings. The highest BCUT2D eigenvalue weighted by Crippen LogP contribution is 2.53. The third-order valence-electron chi connectivity index (χ3n) is 23.6. The Kier molecular flexibility index (Phi) is 18.5. The van der Waals surface area contributed by atoms with Crippen LogP contribution in [-0.2, 0) is 35.3 Å². The van der Waals surface area contributed by atoms with Crippen LogP contribution in [0.4, 0.5) is 40.2 Å². The lowest BCUT2D eigenvalue weighted by molar-refractivity contribution is -0.119. The molecule has 3 saturated carbocycles. The predicted octanol–water partition coefficient (Wildman–Crippen LogP) is 12.9. The van der Waals surface area contributed by atoms with Crippen molar-refractivity contribution in [1.29, 1.82) is 0 Å². The standard InChI is InChI=1S/C27H36FN3O3.C25H32FN3O4.C20H27ClN2/c1-17(2)34-26(33)31-20-6-7-21(31)15-22(14-20)29-11-9-27(10-12-29)16-30(25(32)18-3-4-18)24-8-5-19(28)13-23(24)27;1-3-5-16-33-24(31)29-18-25(21-17-19(26)6-7-22(21)29)10-14-27(15-11-25)20-8-12-28(13-9-20)23(30)32-4-2;21-16-4-5-18-17(12-16)20(13-22-18)7-9-23(10-8-20)19-6-2-14-1-3-15(19)11-14/h5,8,13,17-18,20-22H,3-4,6-7,9-12,14-16H2,1-2H3;6-7,17,20H,4,8-16,18H2,1-2H3;4-5,12,14-15,19,22H,1-3,6-11,13H2. The molecule has 90 heavy (non-hydrogen) atoms. The molecule has 15 rings (SSSR count). The Balaban J connectivity index is 0.000000126. The number of carbonyl (C=O) groups is 4. The second kappa shape index (κ2) is 26.4. The summed E-state index contributed by atoms with van der Waals surface area (Å²) in [7, 11) is 0. The molecule has 5 atom stereocenters. The molecule has 4 amide bonds. The fourth-order valence-electron chi connectivity index (χ4n) is 18.6. The van der Waals surface area contributed by atoms with Crippen LogP contribution in [0.2, 0.25) is 5.02 Å². The van der Waals surface area contributed by atoms with Crippen molar-refractivity contribution in [3.05, 3.63) is 87.9 Å². The van der Waals surface area contributed by atoms with Crippen LogP contribution in [0.3, 0.4) is 0 Å². The Morgan fingerprint density at radius 2 is 1.20 bits per heavy atom.